The number of carbonyl (C=O) groups is 1. The highest BCUT2D eigenvalue weighted by atomic mass is 32.2. The van der Waals surface area contributed by atoms with Crippen molar-refractivity contribution in [3.63, 3.8) is 0 Å². The van der Waals surface area contributed by atoms with Crippen molar-refractivity contribution in [2.24, 2.45) is 0 Å². The molecule has 0 aliphatic rings. The van der Waals surface area contributed by atoms with E-state index in [1.807, 2.05) is 6.92 Å². The molecule has 100 valence electrons. The van der Waals surface area contributed by atoms with Crippen molar-refractivity contribution >= 4 is 16.7 Å². The molecule has 0 saturated carbocycles. The van der Waals surface area contributed by atoms with Crippen LogP contribution in [0.4, 0.5) is 0 Å². The summed E-state index contributed by atoms with van der Waals surface area (Å²) in [5.74, 6) is -1.22. The third-order valence-electron chi connectivity index (χ3n) is 2.66. The summed E-state index contributed by atoms with van der Waals surface area (Å²) in [6, 6.07) is 4.20. The molecule has 0 aromatic heterocycles. The van der Waals surface area contributed by atoms with E-state index in [0.29, 0.717) is 13.0 Å². The van der Waals surface area contributed by atoms with Gasteiger partial charge in [-0.3, -0.25) is 9.00 Å². The van der Waals surface area contributed by atoms with Gasteiger partial charge in [0.2, 0.25) is 0 Å². The molecule has 6 heteroatoms. The first-order valence-electron chi connectivity index (χ1n) is 5.55. The molecule has 2 unspecified atom stereocenters. The third-order valence-corrected chi connectivity index (χ3v) is 4.03. The van der Waals surface area contributed by atoms with Crippen molar-refractivity contribution in [2.75, 3.05) is 12.8 Å². The number of phenols is 2. The van der Waals surface area contributed by atoms with Gasteiger partial charge in [-0.2, -0.15) is 0 Å². The Bertz CT molecular complexity index is 461. The number of hydrogen-bond acceptors (Lipinski definition) is 4. The number of phenolic OH excluding ortho intramolecular Hbond substituents is 2. The first-order valence-corrected chi connectivity index (χ1v) is 7.17. The molecule has 0 radical (unpaired) electrons. The monoisotopic (exact) mass is 271 g/mol. The average Bonchev–Trinajstić information content (AvgIpc) is 2.32. The Morgan fingerprint density at radius 3 is 2.72 bits per heavy atom. The number of rotatable bonds is 5. The van der Waals surface area contributed by atoms with Crippen LogP contribution in [0.3, 0.4) is 0 Å². The number of hydrogen-bond donors (Lipinski definition) is 3. The van der Waals surface area contributed by atoms with Crippen molar-refractivity contribution in [1.82, 2.24) is 5.32 Å². The van der Waals surface area contributed by atoms with Crippen LogP contribution in [-0.2, 0) is 10.8 Å². The summed E-state index contributed by atoms with van der Waals surface area (Å²) in [6.45, 7) is 2.21. The van der Waals surface area contributed by atoms with Crippen LogP contribution in [0.2, 0.25) is 0 Å². The van der Waals surface area contributed by atoms with E-state index in [4.69, 9.17) is 0 Å². The predicted octanol–water partition coefficient (Wildman–Crippen LogP) is 0.985. The van der Waals surface area contributed by atoms with Gasteiger partial charge in [0.1, 0.15) is 0 Å². The second kappa shape index (κ2) is 6.39. The first kappa shape index (κ1) is 14.5. The lowest BCUT2D eigenvalue weighted by molar-refractivity contribution is 0.0950. The van der Waals surface area contributed by atoms with Gasteiger partial charge in [0.15, 0.2) is 11.5 Å². The summed E-state index contributed by atoms with van der Waals surface area (Å²) < 4.78 is 11.1. The van der Waals surface area contributed by atoms with Crippen molar-refractivity contribution in [1.29, 1.82) is 0 Å². The quantitative estimate of drug-likeness (QED) is 0.697. The van der Waals surface area contributed by atoms with Crippen LogP contribution < -0.4 is 5.32 Å². The SMILES string of the molecule is CC(CCNC(=O)c1cccc(O)c1O)S(C)=O. The maximum absolute atomic E-state index is 11.7. The number of aromatic hydroxyl groups is 2. The first-order chi connectivity index (χ1) is 8.43. The van der Waals surface area contributed by atoms with Crippen molar-refractivity contribution in [3.8, 4) is 11.5 Å². The normalized spacial score (nSPS) is 13.9. The maximum Gasteiger partial charge on any atom is 0.255 e. The minimum atomic E-state index is -0.918. The van der Waals surface area contributed by atoms with E-state index in [0.717, 1.165) is 0 Å². The van der Waals surface area contributed by atoms with E-state index in [2.05, 4.69) is 5.32 Å². The molecule has 1 rings (SSSR count). The number of nitrogens with one attached hydrogen (secondary N) is 1. The summed E-state index contributed by atoms with van der Waals surface area (Å²) in [7, 11) is -0.918. The zero-order valence-corrected chi connectivity index (χ0v) is 11.2. The molecule has 0 fully saturated rings. The smallest absolute Gasteiger partial charge is 0.255 e. The van der Waals surface area contributed by atoms with E-state index in [1.54, 1.807) is 6.26 Å². The molecular weight excluding hydrogens is 254 g/mol. The summed E-state index contributed by atoms with van der Waals surface area (Å²) >= 11 is 0. The molecule has 18 heavy (non-hydrogen) atoms. The van der Waals surface area contributed by atoms with Crippen molar-refractivity contribution < 1.29 is 19.2 Å². The standard InChI is InChI=1S/C12H17NO4S/c1-8(18(2)17)6-7-13-12(16)9-4-3-5-10(14)11(9)15/h3-5,8,14-15H,6-7H2,1-2H3,(H,13,16). The largest absolute Gasteiger partial charge is 0.504 e. The minimum Gasteiger partial charge on any atom is -0.504 e. The third kappa shape index (κ3) is 3.73. The maximum atomic E-state index is 11.7. The molecule has 1 aromatic rings. The lowest BCUT2D eigenvalue weighted by atomic mass is 10.1. The summed E-state index contributed by atoms with van der Waals surface area (Å²) in [5.41, 5.74) is 0.0280. The fraction of sp³-hybridized carbons (Fsp3) is 0.417. The molecule has 0 aliphatic heterocycles. The van der Waals surface area contributed by atoms with Crippen molar-refractivity contribution in [2.45, 2.75) is 18.6 Å². The van der Waals surface area contributed by atoms with Gasteiger partial charge >= 0.3 is 0 Å². The lowest BCUT2D eigenvalue weighted by Crippen LogP contribution is -2.27. The molecule has 1 amide bonds. The van der Waals surface area contributed by atoms with Crippen LogP contribution >= 0.6 is 0 Å². The molecule has 0 saturated heterocycles. The Kier molecular flexibility index (Phi) is 5.15. The van der Waals surface area contributed by atoms with E-state index in [-0.39, 0.29) is 16.6 Å². The van der Waals surface area contributed by atoms with Gasteiger partial charge in [0, 0.05) is 28.9 Å². The van der Waals surface area contributed by atoms with Gasteiger partial charge in [-0.15, -0.1) is 0 Å². The fourth-order valence-corrected chi connectivity index (χ4v) is 1.81. The second-order valence-corrected chi connectivity index (χ2v) is 5.83. The molecule has 1 aromatic carbocycles. The highest BCUT2D eigenvalue weighted by Crippen LogP contribution is 2.27. The number of carbonyl (C=O) groups excluding carboxylic acids is 1. The van der Waals surface area contributed by atoms with Crippen LogP contribution in [0.5, 0.6) is 11.5 Å². The molecule has 0 heterocycles. The Hall–Kier alpha value is -1.56. The molecule has 0 bridgehead atoms. The Morgan fingerprint density at radius 1 is 1.44 bits per heavy atom. The van der Waals surface area contributed by atoms with Gasteiger partial charge in [0.05, 0.1) is 5.56 Å². The number of para-hydroxylation sites is 1. The zero-order valence-electron chi connectivity index (χ0n) is 10.3. The number of benzene rings is 1. The zero-order chi connectivity index (χ0) is 13.7. The van der Waals surface area contributed by atoms with Crippen LogP contribution in [0, 0.1) is 0 Å². The fourth-order valence-electron chi connectivity index (χ4n) is 1.36. The van der Waals surface area contributed by atoms with Gasteiger partial charge < -0.3 is 15.5 Å². The molecule has 0 spiro atoms. The summed E-state index contributed by atoms with van der Waals surface area (Å²) in [6.07, 6.45) is 2.21. The van der Waals surface area contributed by atoms with E-state index >= 15 is 0 Å². The van der Waals surface area contributed by atoms with Gasteiger partial charge in [-0.1, -0.05) is 13.0 Å². The highest BCUT2D eigenvalue weighted by Gasteiger charge is 2.14. The summed E-state index contributed by atoms with van der Waals surface area (Å²) in [4.78, 5) is 11.7. The van der Waals surface area contributed by atoms with Crippen molar-refractivity contribution in [3.05, 3.63) is 23.8 Å². The molecule has 2 atom stereocenters. The van der Waals surface area contributed by atoms with Crippen LogP contribution in [0.1, 0.15) is 23.7 Å². The number of amides is 1. The van der Waals surface area contributed by atoms with Crippen LogP contribution in [0.25, 0.3) is 0 Å². The van der Waals surface area contributed by atoms with Crippen LogP contribution in [0.15, 0.2) is 18.2 Å². The Labute approximate surface area is 108 Å². The highest BCUT2D eigenvalue weighted by molar-refractivity contribution is 7.84. The van der Waals surface area contributed by atoms with Crippen LogP contribution in [-0.4, -0.2) is 38.4 Å². The van der Waals surface area contributed by atoms with Gasteiger partial charge in [0.25, 0.3) is 5.91 Å². The van der Waals surface area contributed by atoms with Gasteiger partial charge in [-0.05, 0) is 18.6 Å². The summed E-state index contributed by atoms with van der Waals surface area (Å²) in [5, 5.41) is 21.4. The Balaban J connectivity index is 2.56. The van der Waals surface area contributed by atoms with E-state index in [1.165, 1.54) is 18.2 Å². The van der Waals surface area contributed by atoms with Gasteiger partial charge in [-0.25, -0.2) is 0 Å². The topological polar surface area (TPSA) is 86.6 Å². The molecule has 5 nitrogen and oxygen atoms in total. The average molecular weight is 271 g/mol. The van der Waals surface area contributed by atoms with E-state index in [9.17, 15) is 19.2 Å². The lowest BCUT2D eigenvalue weighted by Gasteiger charge is -2.10. The Morgan fingerprint density at radius 2 is 2.11 bits per heavy atom. The molecule has 0 aliphatic carbocycles. The second-order valence-electron chi connectivity index (χ2n) is 4.03. The predicted molar refractivity (Wildman–Crippen MR) is 70.3 cm³/mol. The molecule has 3 N–H and O–H groups in total. The van der Waals surface area contributed by atoms with E-state index < -0.39 is 22.5 Å². The minimum absolute atomic E-state index is 0.00285. The molecular formula is C12H17NO4S.